The molecule has 14 heteroatoms. The summed E-state index contributed by atoms with van der Waals surface area (Å²) in [7, 11) is 0. The van der Waals surface area contributed by atoms with E-state index in [1.54, 1.807) is 6.92 Å². The van der Waals surface area contributed by atoms with Gasteiger partial charge in [-0.2, -0.15) is 11.8 Å². The number of thioether (sulfide) groups is 1. The molecule has 1 saturated heterocycles. The first-order valence-electron chi connectivity index (χ1n) is 18.8. The normalized spacial score (nSPS) is 15.1. The Morgan fingerprint density at radius 2 is 1.76 bits per heavy atom. The monoisotopic (exact) mass is 783 g/mol. The van der Waals surface area contributed by atoms with E-state index < -0.39 is 23.1 Å². The summed E-state index contributed by atoms with van der Waals surface area (Å²) < 4.78 is 42.4. The highest BCUT2D eigenvalue weighted by Gasteiger charge is 2.37. The van der Waals surface area contributed by atoms with Crippen LogP contribution in [-0.2, 0) is 35.2 Å². The minimum Gasteiger partial charge on any atom is -0.377 e. The fourth-order valence-corrected chi connectivity index (χ4v) is 7.41. The van der Waals surface area contributed by atoms with Crippen LogP contribution in [0.4, 0.5) is 8.78 Å². The molecule has 4 rings (SSSR count). The Morgan fingerprint density at radius 3 is 2.44 bits per heavy atom. The number of likely N-dealkylation sites (tertiary alicyclic amines) is 1. The predicted octanol–water partition coefficient (Wildman–Crippen LogP) is 5.41. The second kappa shape index (κ2) is 21.3. The van der Waals surface area contributed by atoms with Crippen LogP contribution in [0.2, 0.25) is 0 Å². The molecule has 1 unspecified atom stereocenters. The van der Waals surface area contributed by atoms with Gasteiger partial charge in [0.05, 0.1) is 44.8 Å². The molecule has 1 fully saturated rings. The topological polar surface area (TPSA) is 136 Å². The van der Waals surface area contributed by atoms with E-state index in [-0.39, 0.29) is 66.9 Å². The Morgan fingerprint density at radius 1 is 1.04 bits per heavy atom. The van der Waals surface area contributed by atoms with Crippen molar-refractivity contribution in [1.29, 1.82) is 0 Å². The van der Waals surface area contributed by atoms with Gasteiger partial charge >= 0.3 is 0 Å². The van der Waals surface area contributed by atoms with Crippen LogP contribution in [0, 0.1) is 23.0 Å². The highest BCUT2D eigenvalue weighted by Crippen LogP contribution is 2.41. The molecule has 1 aromatic heterocycles. The van der Waals surface area contributed by atoms with Gasteiger partial charge in [0, 0.05) is 67.2 Å². The number of halogens is 2. The third-order valence-electron chi connectivity index (χ3n) is 9.27. The van der Waals surface area contributed by atoms with Crippen LogP contribution in [-0.4, -0.2) is 102 Å². The van der Waals surface area contributed by atoms with Gasteiger partial charge in [-0.05, 0) is 48.2 Å². The highest BCUT2D eigenvalue weighted by molar-refractivity contribution is 7.99. The van der Waals surface area contributed by atoms with Crippen molar-refractivity contribution in [2.45, 2.75) is 59.5 Å². The first-order chi connectivity index (χ1) is 26.3. The van der Waals surface area contributed by atoms with E-state index in [0.717, 1.165) is 23.4 Å². The molecule has 300 valence electrons. The van der Waals surface area contributed by atoms with Crippen LogP contribution in [0.3, 0.4) is 0 Å². The number of carbonyl (C=O) groups excluding carboxylic acids is 4. The molecule has 2 atom stereocenters. The van der Waals surface area contributed by atoms with Crippen molar-refractivity contribution in [3.05, 3.63) is 83.7 Å². The molecule has 11 nitrogen and oxygen atoms in total. The second-order valence-corrected chi connectivity index (χ2v) is 15.9. The van der Waals surface area contributed by atoms with Crippen molar-refractivity contribution in [3.8, 4) is 11.1 Å². The molecule has 1 aliphatic rings. The van der Waals surface area contributed by atoms with Crippen molar-refractivity contribution in [3.63, 3.8) is 0 Å². The van der Waals surface area contributed by atoms with Crippen LogP contribution in [0.1, 0.15) is 64.3 Å². The van der Waals surface area contributed by atoms with Gasteiger partial charge in [-0.25, -0.2) is 8.78 Å². The quantitative estimate of drug-likeness (QED) is 0.102. The molecule has 0 saturated carbocycles. The number of rotatable bonds is 22. The predicted molar refractivity (Wildman–Crippen MR) is 210 cm³/mol. The number of nitrogens with two attached hydrogens (primary N) is 1. The SMILES string of the molecule is CC1CC(=O)N(CCOCCOCCNC(=O)CCSCC(=O)N(CCCN)[C@@H](c2cc(-c3cc(F)ccc3F)cn2Cc2ccccc2)C(C)(C)C)C1=O. The van der Waals surface area contributed by atoms with Crippen molar-refractivity contribution in [2.24, 2.45) is 17.1 Å². The lowest BCUT2D eigenvalue weighted by Crippen LogP contribution is -2.44. The summed E-state index contributed by atoms with van der Waals surface area (Å²) in [6.45, 7) is 10.9. The van der Waals surface area contributed by atoms with Gasteiger partial charge in [0.1, 0.15) is 11.6 Å². The molecule has 0 spiro atoms. The maximum atomic E-state index is 15.1. The van der Waals surface area contributed by atoms with E-state index in [0.29, 0.717) is 63.7 Å². The number of amides is 4. The summed E-state index contributed by atoms with van der Waals surface area (Å²) in [5.41, 5.74) is 7.95. The summed E-state index contributed by atoms with van der Waals surface area (Å²) in [5.74, 6) is -1.36. The Kier molecular flexibility index (Phi) is 16.9. The average molecular weight is 784 g/mol. The Bertz CT molecular complexity index is 1730. The minimum absolute atomic E-state index is 0.103. The summed E-state index contributed by atoms with van der Waals surface area (Å²) in [5, 5.41) is 2.82. The number of nitrogens with one attached hydrogen (secondary N) is 1. The van der Waals surface area contributed by atoms with Gasteiger partial charge in [-0.3, -0.25) is 24.1 Å². The van der Waals surface area contributed by atoms with Crippen molar-refractivity contribution in [2.75, 3.05) is 64.1 Å². The number of nitrogens with zero attached hydrogens (tertiary/aromatic N) is 3. The van der Waals surface area contributed by atoms with Gasteiger partial charge < -0.3 is 30.0 Å². The molecule has 0 bridgehead atoms. The van der Waals surface area contributed by atoms with Crippen LogP contribution in [0.5, 0.6) is 0 Å². The van der Waals surface area contributed by atoms with Crippen LogP contribution < -0.4 is 11.1 Å². The van der Waals surface area contributed by atoms with Gasteiger partial charge in [0.25, 0.3) is 0 Å². The van der Waals surface area contributed by atoms with Crippen LogP contribution in [0.25, 0.3) is 11.1 Å². The molecular formula is C41H55F2N5O6S. The summed E-state index contributed by atoms with van der Waals surface area (Å²) in [6, 6.07) is 14.7. The van der Waals surface area contributed by atoms with E-state index in [1.807, 2.05) is 52.1 Å². The largest absolute Gasteiger partial charge is 0.377 e. The van der Waals surface area contributed by atoms with Crippen molar-refractivity contribution in [1.82, 2.24) is 19.7 Å². The molecule has 55 heavy (non-hydrogen) atoms. The summed E-state index contributed by atoms with van der Waals surface area (Å²) in [4.78, 5) is 53.4. The molecule has 2 aromatic carbocycles. The van der Waals surface area contributed by atoms with Gasteiger partial charge in [-0.1, -0.05) is 58.0 Å². The number of hydrogen-bond donors (Lipinski definition) is 2. The van der Waals surface area contributed by atoms with E-state index >= 15 is 4.39 Å². The van der Waals surface area contributed by atoms with Gasteiger partial charge in [-0.15, -0.1) is 0 Å². The lowest BCUT2D eigenvalue weighted by Gasteiger charge is -2.41. The van der Waals surface area contributed by atoms with E-state index in [2.05, 4.69) is 26.1 Å². The number of hydrogen-bond acceptors (Lipinski definition) is 8. The standard InChI is InChI=1S/C41H55F2N5O6S/c1-29-23-37(50)48(40(29)52)17-19-54-21-20-53-18-15-45-36(49)13-22-55-28-38(51)47(16-8-14-44)39(41(2,3)4)35-24-31(33-25-32(42)11-12-34(33)43)27-46(35)26-30-9-6-5-7-10-30/h5-7,9-12,24-25,27,29,39H,8,13-23,26,28,44H2,1-4H3,(H,45,49)/t29?,39-/m0/s1. The summed E-state index contributed by atoms with van der Waals surface area (Å²) >= 11 is 1.38. The molecule has 4 amide bonds. The maximum absolute atomic E-state index is 15.1. The smallest absolute Gasteiger partial charge is 0.233 e. The fraction of sp³-hybridized carbons (Fsp3) is 0.512. The second-order valence-electron chi connectivity index (χ2n) is 14.8. The maximum Gasteiger partial charge on any atom is 0.233 e. The molecule has 0 radical (unpaired) electrons. The number of ether oxygens (including phenoxy) is 2. The van der Waals surface area contributed by atoms with Crippen LogP contribution in [0.15, 0.2) is 60.8 Å². The van der Waals surface area contributed by atoms with Crippen molar-refractivity contribution >= 4 is 35.4 Å². The zero-order valence-corrected chi connectivity index (χ0v) is 33.2. The van der Waals surface area contributed by atoms with E-state index in [9.17, 15) is 23.6 Å². The molecule has 1 aliphatic heterocycles. The van der Waals surface area contributed by atoms with E-state index in [4.69, 9.17) is 15.2 Å². The minimum atomic E-state index is -0.541. The third kappa shape index (κ3) is 13.0. The fourth-order valence-electron chi connectivity index (χ4n) is 6.59. The highest BCUT2D eigenvalue weighted by atomic mass is 32.2. The molecule has 0 aliphatic carbocycles. The van der Waals surface area contributed by atoms with E-state index in [1.165, 1.54) is 22.7 Å². The lowest BCUT2D eigenvalue weighted by atomic mass is 9.83. The summed E-state index contributed by atoms with van der Waals surface area (Å²) in [6.07, 6.45) is 2.86. The number of aromatic nitrogens is 1. The molecular weight excluding hydrogens is 729 g/mol. The lowest BCUT2D eigenvalue weighted by molar-refractivity contribution is -0.140. The Labute approximate surface area is 327 Å². The van der Waals surface area contributed by atoms with Gasteiger partial charge in [0.15, 0.2) is 0 Å². The number of imide groups is 1. The first-order valence-corrected chi connectivity index (χ1v) is 20.0. The Balaban J connectivity index is 1.30. The number of carbonyl (C=O) groups is 4. The zero-order chi connectivity index (χ0) is 40.0. The van der Waals surface area contributed by atoms with Crippen molar-refractivity contribution < 1.29 is 37.4 Å². The average Bonchev–Trinajstić information content (AvgIpc) is 3.65. The number of benzene rings is 2. The van der Waals surface area contributed by atoms with Crippen LogP contribution >= 0.6 is 11.8 Å². The first kappa shape index (κ1) is 43.6. The third-order valence-corrected chi connectivity index (χ3v) is 10.2. The zero-order valence-electron chi connectivity index (χ0n) is 32.4. The molecule has 3 aromatic rings. The Hall–Kier alpha value is -4.11. The van der Waals surface area contributed by atoms with Gasteiger partial charge in [0.2, 0.25) is 23.6 Å². The molecule has 3 N–H and O–H groups in total. The molecule has 2 heterocycles.